The molecule has 0 atom stereocenters. The van der Waals surface area contributed by atoms with Gasteiger partial charge in [-0.1, -0.05) is 0 Å². The molecule has 2 rings (SSSR count). The Labute approximate surface area is 69.0 Å². The number of amides is 1. The number of carbonyl (C=O) groups is 1. The van der Waals surface area contributed by atoms with Crippen molar-refractivity contribution in [2.45, 2.75) is 18.9 Å². The van der Waals surface area contributed by atoms with E-state index in [0.717, 1.165) is 12.8 Å². The maximum absolute atomic E-state index is 12.4. The van der Waals surface area contributed by atoms with Crippen LogP contribution in [0.3, 0.4) is 0 Å². The van der Waals surface area contributed by atoms with Crippen LogP contribution in [0.2, 0.25) is 0 Å². The molecule has 0 saturated heterocycles. The highest BCUT2D eigenvalue weighted by Crippen LogP contribution is 2.19. The van der Waals surface area contributed by atoms with Crippen LogP contribution in [0.25, 0.3) is 0 Å². The largest absolute Gasteiger partial charge is 0.355 e. The first-order chi connectivity index (χ1) is 5.75. The maximum atomic E-state index is 12.4. The number of aromatic nitrogens is 1. The Morgan fingerprint density at radius 3 is 2.92 bits per heavy atom. The lowest BCUT2D eigenvalue weighted by Gasteiger charge is -1.98. The van der Waals surface area contributed by atoms with E-state index < -0.39 is 5.82 Å². The van der Waals surface area contributed by atoms with Crippen LogP contribution < -0.4 is 5.32 Å². The minimum atomic E-state index is -0.407. The highest BCUT2D eigenvalue weighted by molar-refractivity contribution is 5.92. The number of H-pyrrole nitrogens is 1. The van der Waals surface area contributed by atoms with E-state index in [4.69, 9.17) is 0 Å². The highest BCUT2D eigenvalue weighted by Gasteiger charge is 2.24. The van der Waals surface area contributed by atoms with Crippen molar-refractivity contribution in [1.82, 2.24) is 10.3 Å². The molecule has 1 aliphatic carbocycles. The molecule has 1 fully saturated rings. The van der Waals surface area contributed by atoms with Crippen LogP contribution in [0, 0.1) is 5.82 Å². The first-order valence-electron chi connectivity index (χ1n) is 3.90. The van der Waals surface area contributed by atoms with Crippen LogP contribution in [0.4, 0.5) is 4.39 Å². The molecule has 12 heavy (non-hydrogen) atoms. The molecule has 0 spiro atoms. The summed E-state index contributed by atoms with van der Waals surface area (Å²) in [4.78, 5) is 13.8. The molecule has 0 aliphatic heterocycles. The number of hydrogen-bond acceptors (Lipinski definition) is 1. The van der Waals surface area contributed by atoms with E-state index in [0.29, 0.717) is 11.7 Å². The highest BCUT2D eigenvalue weighted by atomic mass is 19.1. The summed E-state index contributed by atoms with van der Waals surface area (Å²) in [6.45, 7) is 0. The first-order valence-corrected chi connectivity index (χ1v) is 3.90. The van der Waals surface area contributed by atoms with Crippen molar-refractivity contribution in [3.63, 3.8) is 0 Å². The van der Waals surface area contributed by atoms with Gasteiger partial charge in [0.15, 0.2) is 0 Å². The number of halogens is 1. The van der Waals surface area contributed by atoms with Crippen LogP contribution in [0.1, 0.15) is 23.3 Å². The summed E-state index contributed by atoms with van der Waals surface area (Å²) in [6, 6.07) is 1.50. The minimum absolute atomic E-state index is 0.221. The average Bonchev–Trinajstić information content (AvgIpc) is 2.72. The second-order valence-corrected chi connectivity index (χ2v) is 2.98. The van der Waals surface area contributed by atoms with Crippen LogP contribution in [0.5, 0.6) is 0 Å². The zero-order valence-corrected chi connectivity index (χ0v) is 6.43. The van der Waals surface area contributed by atoms with Gasteiger partial charge in [0.1, 0.15) is 11.5 Å². The Balaban J connectivity index is 2.03. The molecule has 1 saturated carbocycles. The Hall–Kier alpha value is -1.32. The predicted molar refractivity (Wildman–Crippen MR) is 41.2 cm³/mol. The van der Waals surface area contributed by atoms with Gasteiger partial charge in [-0.15, -0.1) is 0 Å². The molecular weight excluding hydrogens is 159 g/mol. The summed E-state index contributed by atoms with van der Waals surface area (Å²) < 4.78 is 12.4. The Morgan fingerprint density at radius 1 is 1.67 bits per heavy atom. The Bertz CT molecular complexity index is 304. The topological polar surface area (TPSA) is 44.9 Å². The number of aromatic amines is 1. The van der Waals surface area contributed by atoms with Crippen molar-refractivity contribution in [2.75, 3.05) is 0 Å². The molecule has 3 nitrogen and oxygen atoms in total. The van der Waals surface area contributed by atoms with Gasteiger partial charge in [-0.25, -0.2) is 4.39 Å². The zero-order chi connectivity index (χ0) is 8.55. The van der Waals surface area contributed by atoms with Gasteiger partial charge in [0.05, 0.1) is 0 Å². The van der Waals surface area contributed by atoms with E-state index in [1.807, 2.05) is 0 Å². The number of hydrogen-bond donors (Lipinski definition) is 2. The van der Waals surface area contributed by atoms with Gasteiger partial charge < -0.3 is 10.3 Å². The lowest BCUT2D eigenvalue weighted by molar-refractivity contribution is 0.0946. The van der Waals surface area contributed by atoms with Crippen molar-refractivity contribution in [2.24, 2.45) is 0 Å². The molecular formula is C8H9FN2O. The maximum Gasteiger partial charge on any atom is 0.268 e. The fourth-order valence-electron chi connectivity index (χ4n) is 0.990. The smallest absolute Gasteiger partial charge is 0.268 e. The third-order valence-corrected chi connectivity index (χ3v) is 1.80. The van der Waals surface area contributed by atoms with Crippen LogP contribution in [-0.2, 0) is 0 Å². The average molecular weight is 168 g/mol. The third-order valence-electron chi connectivity index (χ3n) is 1.80. The first kappa shape index (κ1) is 7.34. The van der Waals surface area contributed by atoms with E-state index in [1.54, 1.807) is 0 Å². The summed E-state index contributed by atoms with van der Waals surface area (Å²) >= 11 is 0. The van der Waals surface area contributed by atoms with Crippen LogP contribution >= 0.6 is 0 Å². The van der Waals surface area contributed by atoms with Gasteiger partial charge in [-0.05, 0) is 12.8 Å². The molecule has 0 bridgehead atoms. The van der Waals surface area contributed by atoms with Gasteiger partial charge in [-0.2, -0.15) is 0 Å². The summed E-state index contributed by atoms with van der Waals surface area (Å²) in [5, 5.41) is 2.75. The second kappa shape index (κ2) is 2.62. The molecule has 1 aromatic rings. The monoisotopic (exact) mass is 168 g/mol. The Morgan fingerprint density at radius 2 is 2.42 bits per heavy atom. The zero-order valence-electron chi connectivity index (χ0n) is 6.43. The van der Waals surface area contributed by atoms with Gasteiger partial charge in [0.2, 0.25) is 0 Å². The van der Waals surface area contributed by atoms with Crippen molar-refractivity contribution in [3.8, 4) is 0 Å². The second-order valence-electron chi connectivity index (χ2n) is 2.98. The number of rotatable bonds is 2. The predicted octanol–water partition coefficient (Wildman–Crippen LogP) is 1.05. The number of nitrogens with one attached hydrogen (secondary N) is 2. The van der Waals surface area contributed by atoms with E-state index in [2.05, 4.69) is 10.3 Å². The third kappa shape index (κ3) is 1.47. The quantitative estimate of drug-likeness (QED) is 0.681. The molecule has 0 aromatic carbocycles. The van der Waals surface area contributed by atoms with E-state index in [1.165, 1.54) is 12.3 Å². The molecule has 4 heteroatoms. The Kier molecular flexibility index (Phi) is 1.60. The minimum Gasteiger partial charge on any atom is -0.355 e. The molecule has 0 radical (unpaired) electrons. The van der Waals surface area contributed by atoms with E-state index in [-0.39, 0.29) is 5.91 Å². The van der Waals surface area contributed by atoms with Crippen LogP contribution in [0.15, 0.2) is 12.3 Å². The molecule has 2 N–H and O–H groups in total. The summed E-state index contributed by atoms with van der Waals surface area (Å²) in [6.07, 6.45) is 3.24. The summed E-state index contributed by atoms with van der Waals surface area (Å²) in [5.41, 5.74) is 0.291. The normalized spacial score (nSPS) is 16.1. The molecule has 1 amide bonds. The SMILES string of the molecule is O=C(NC1CC1)c1cc(F)c[nH]1. The summed E-state index contributed by atoms with van der Waals surface area (Å²) in [5.74, 6) is -0.627. The van der Waals surface area contributed by atoms with Gasteiger partial charge in [0, 0.05) is 18.3 Å². The molecule has 1 heterocycles. The van der Waals surface area contributed by atoms with Gasteiger partial charge in [-0.3, -0.25) is 4.79 Å². The lowest BCUT2D eigenvalue weighted by atomic mass is 10.4. The molecule has 64 valence electrons. The van der Waals surface area contributed by atoms with Gasteiger partial charge >= 0.3 is 0 Å². The van der Waals surface area contributed by atoms with Crippen molar-refractivity contribution in [3.05, 3.63) is 23.8 Å². The van der Waals surface area contributed by atoms with Crippen molar-refractivity contribution in [1.29, 1.82) is 0 Å². The molecule has 1 aromatic heterocycles. The number of carbonyl (C=O) groups excluding carboxylic acids is 1. The van der Waals surface area contributed by atoms with E-state index >= 15 is 0 Å². The molecule has 0 unspecified atom stereocenters. The van der Waals surface area contributed by atoms with Gasteiger partial charge in [0.25, 0.3) is 5.91 Å². The van der Waals surface area contributed by atoms with E-state index in [9.17, 15) is 9.18 Å². The van der Waals surface area contributed by atoms with Crippen molar-refractivity contribution < 1.29 is 9.18 Å². The lowest BCUT2D eigenvalue weighted by Crippen LogP contribution is -2.25. The van der Waals surface area contributed by atoms with Crippen molar-refractivity contribution >= 4 is 5.91 Å². The fourth-order valence-corrected chi connectivity index (χ4v) is 0.990. The van der Waals surface area contributed by atoms with Crippen LogP contribution in [-0.4, -0.2) is 16.9 Å². The molecule has 1 aliphatic rings. The fraction of sp³-hybridized carbons (Fsp3) is 0.375. The standard InChI is InChI=1S/C8H9FN2O/c9-5-3-7(10-4-5)8(12)11-6-1-2-6/h3-4,6,10H,1-2H2,(H,11,12). The summed E-state index contributed by atoms with van der Waals surface area (Å²) in [7, 11) is 0.